The fraction of sp³-hybridized carbons (Fsp3) is 0.118. The molecule has 1 aromatic carbocycles. The van der Waals surface area contributed by atoms with Gasteiger partial charge in [0.05, 0.1) is 11.1 Å². The molecule has 3 rings (SSSR count). The molecule has 0 spiro atoms. The van der Waals surface area contributed by atoms with E-state index in [1.807, 2.05) is 0 Å². The van der Waals surface area contributed by atoms with Crippen molar-refractivity contribution in [1.82, 2.24) is 15.5 Å². The van der Waals surface area contributed by atoms with Gasteiger partial charge < -0.3 is 9.84 Å². The molecule has 0 radical (unpaired) electrons. The van der Waals surface area contributed by atoms with Gasteiger partial charge in [-0.15, -0.1) is 0 Å². The minimum Gasteiger partial charge on any atom is -0.355 e. The van der Waals surface area contributed by atoms with Crippen LogP contribution in [0.2, 0.25) is 10.0 Å². The molecule has 128 valence electrons. The summed E-state index contributed by atoms with van der Waals surface area (Å²) >= 11 is 11.7. The van der Waals surface area contributed by atoms with Crippen molar-refractivity contribution >= 4 is 29.1 Å². The van der Waals surface area contributed by atoms with Crippen LogP contribution in [0.15, 0.2) is 47.2 Å². The molecule has 0 aliphatic carbocycles. The van der Waals surface area contributed by atoms with E-state index in [2.05, 4.69) is 15.5 Å². The van der Waals surface area contributed by atoms with Gasteiger partial charge >= 0.3 is 0 Å². The van der Waals surface area contributed by atoms with Crippen molar-refractivity contribution < 1.29 is 13.7 Å². The summed E-state index contributed by atoms with van der Waals surface area (Å²) in [5.41, 5.74) is 1.26. The zero-order chi connectivity index (χ0) is 18.0. The molecule has 25 heavy (non-hydrogen) atoms. The first-order valence-electron chi connectivity index (χ1n) is 7.28. The lowest BCUT2D eigenvalue weighted by Crippen LogP contribution is -2.27. The normalized spacial score (nSPS) is 12.0. The summed E-state index contributed by atoms with van der Waals surface area (Å²) in [7, 11) is 0. The van der Waals surface area contributed by atoms with Gasteiger partial charge in [0.15, 0.2) is 11.5 Å². The third-order valence-corrected chi connectivity index (χ3v) is 4.18. The van der Waals surface area contributed by atoms with Crippen LogP contribution in [0.1, 0.15) is 29.0 Å². The Kier molecular flexibility index (Phi) is 5.01. The molecular formula is C17H12Cl2FN3O2. The van der Waals surface area contributed by atoms with Crippen LogP contribution in [-0.2, 0) is 0 Å². The highest BCUT2D eigenvalue weighted by atomic mass is 35.5. The number of amides is 1. The maximum Gasteiger partial charge on any atom is 0.273 e. The molecule has 1 atom stereocenters. The minimum absolute atomic E-state index is 0.0780. The molecule has 1 N–H and O–H groups in total. The lowest BCUT2D eigenvalue weighted by atomic mass is 10.1. The second-order valence-corrected chi connectivity index (χ2v) is 6.11. The average molecular weight is 380 g/mol. The van der Waals surface area contributed by atoms with Gasteiger partial charge in [-0.1, -0.05) is 28.4 Å². The molecule has 0 aliphatic rings. The van der Waals surface area contributed by atoms with Crippen molar-refractivity contribution in [2.75, 3.05) is 0 Å². The van der Waals surface area contributed by atoms with Crippen molar-refractivity contribution in [2.45, 2.75) is 13.0 Å². The van der Waals surface area contributed by atoms with E-state index in [-0.39, 0.29) is 15.7 Å². The molecule has 1 unspecified atom stereocenters. The van der Waals surface area contributed by atoms with Crippen LogP contribution in [0.25, 0.3) is 11.3 Å². The summed E-state index contributed by atoms with van der Waals surface area (Å²) in [4.78, 5) is 16.2. The fourth-order valence-corrected chi connectivity index (χ4v) is 2.80. The lowest BCUT2D eigenvalue weighted by molar-refractivity contribution is 0.0931. The zero-order valence-electron chi connectivity index (χ0n) is 13.0. The Morgan fingerprint density at radius 1 is 1.20 bits per heavy atom. The molecule has 0 aliphatic heterocycles. The van der Waals surface area contributed by atoms with Crippen molar-refractivity contribution in [3.05, 3.63) is 69.8 Å². The van der Waals surface area contributed by atoms with Crippen LogP contribution >= 0.6 is 23.2 Å². The molecule has 0 saturated heterocycles. The molecule has 0 saturated carbocycles. The maximum atomic E-state index is 13.6. The summed E-state index contributed by atoms with van der Waals surface area (Å²) in [5, 5.41) is 6.64. The number of halogens is 3. The van der Waals surface area contributed by atoms with Gasteiger partial charge in [-0.2, -0.15) is 0 Å². The van der Waals surface area contributed by atoms with Crippen LogP contribution in [0.3, 0.4) is 0 Å². The Labute approximate surface area is 152 Å². The number of benzene rings is 1. The van der Waals surface area contributed by atoms with Crippen LogP contribution in [0.4, 0.5) is 4.39 Å². The Morgan fingerprint density at radius 2 is 1.92 bits per heavy atom. The van der Waals surface area contributed by atoms with E-state index in [1.54, 1.807) is 31.5 Å². The quantitative estimate of drug-likeness (QED) is 0.668. The van der Waals surface area contributed by atoms with E-state index >= 15 is 0 Å². The van der Waals surface area contributed by atoms with Crippen LogP contribution < -0.4 is 5.32 Å². The average Bonchev–Trinajstić information content (AvgIpc) is 3.09. The highest BCUT2D eigenvalue weighted by Gasteiger charge is 2.19. The van der Waals surface area contributed by atoms with Gasteiger partial charge in [0.25, 0.3) is 5.91 Å². The monoisotopic (exact) mass is 379 g/mol. The number of nitrogens with one attached hydrogen (secondary N) is 1. The summed E-state index contributed by atoms with van der Waals surface area (Å²) in [6.07, 6.45) is 3.22. The Hall–Kier alpha value is -2.44. The molecule has 1 amide bonds. The topological polar surface area (TPSA) is 68.0 Å². The summed E-state index contributed by atoms with van der Waals surface area (Å²) in [6.45, 7) is 1.68. The summed E-state index contributed by atoms with van der Waals surface area (Å²) in [5.74, 6) is -0.637. The standard InChI is InChI=1S/C17H12Cl2FN3O2/c1-9(11-6-14(20)13(19)7-12(11)18)22-17(24)15-8-16(25-23-15)10-2-4-21-5-3-10/h2-9H,1H3,(H,22,24). The fourth-order valence-electron chi connectivity index (χ4n) is 2.25. The number of rotatable bonds is 4. The van der Waals surface area contributed by atoms with Crippen LogP contribution in [-0.4, -0.2) is 16.0 Å². The Bertz CT molecular complexity index is 916. The summed E-state index contributed by atoms with van der Waals surface area (Å²) < 4.78 is 18.8. The predicted octanol–water partition coefficient (Wildman–Crippen LogP) is 4.67. The number of carbonyl (C=O) groups excluding carboxylic acids is 1. The van der Waals surface area contributed by atoms with E-state index in [0.29, 0.717) is 11.3 Å². The van der Waals surface area contributed by atoms with Crippen molar-refractivity contribution in [3.63, 3.8) is 0 Å². The SMILES string of the molecule is CC(NC(=O)c1cc(-c2ccncc2)on1)c1cc(F)c(Cl)cc1Cl. The van der Waals surface area contributed by atoms with Gasteiger partial charge in [-0.3, -0.25) is 9.78 Å². The molecule has 5 nitrogen and oxygen atoms in total. The number of hydrogen-bond acceptors (Lipinski definition) is 4. The Morgan fingerprint density at radius 3 is 2.64 bits per heavy atom. The molecular weight excluding hydrogens is 368 g/mol. The second kappa shape index (κ2) is 7.21. The first-order valence-corrected chi connectivity index (χ1v) is 8.03. The molecule has 2 aromatic heterocycles. The molecule has 2 heterocycles. The predicted molar refractivity (Wildman–Crippen MR) is 92.0 cm³/mol. The molecule has 8 heteroatoms. The van der Waals surface area contributed by atoms with Gasteiger partial charge in [-0.05, 0) is 36.8 Å². The molecule has 3 aromatic rings. The highest BCUT2D eigenvalue weighted by Crippen LogP contribution is 2.29. The second-order valence-electron chi connectivity index (χ2n) is 5.30. The van der Waals surface area contributed by atoms with E-state index in [1.165, 1.54) is 18.2 Å². The van der Waals surface area contributed by atoms with Gasteiger partial charge in [-0.25, -0.2) is 4.39 Å². The van der Waals surface area contributed by atoms with E-state index in [0.717, 1.165) is 5.56 Å². The van der Waals surface area contributed by atoms with Crippen LogP contribution in [0.5, 0.6) is 0 Å². The van der Waals surface area contributed by atoms with Crippen molar-refractivity contribution in [3.8, 4) is 11.3 Å². The van der Waals surface area contributed by atoms with Gasteiger partial charge in [0.1, 0.15) is 5.82 Å². The highest BCUT2D eigenvalue weighted by molar-refractivity contribution is 6.35. The number of nitrogens with zero attached hydrogens (tertiary/aromatic N) is 2. The van der Waals surface area contributed by atoms with Gasteiger partial charge in [0, 0.05) is 29.0 Å². The lowest BCUT2D eigenvalue weighted by Gasteiger charge is -2.15. The zero-order valence-corrected chi connectivity index (χ0v) is 14.5. The number of aromatic nitrogens is 2. The van der Waals surface area contributed by atoms with E-state index in [4.69, 9.17) is 27.7 Å². The number of carbonyl (C=O) groups is 1. The minimum atomic E-state index is -0.608. The molecule has 0 fully saturated rings. The third-order valence-electron chi connectivity index (χ3n) is 3.56. The smallest absolute Gasteiger partial charge is 0.273 e. The van der Waals surface area contributed by atoms with Crippen molar-refractivity contribution in [1.29, 1.82) is 0 Å². The Balaban J connectivity index is 1.76. The van der Waals surface area contributed by atoms with Gasteiger partial charge in [0.2, 0.25) is 0 Å². The largest absolute Gasteiger partial charge is 0.355 e. The number of hydrogen-bond donors (Lipinski definition) is 1. The number of pyridine rings is 1. The first kappa shape index (κ1) is 17.4. The van der Waals surface area contributed by atoms with E-state index in [9.17, 15) is 9.18 Å². The molecule has 0 bridgehead atoms. The van der Waals surface area contributed by atoms with Crippen molar-refractivity contribution in [2.24, 2.45) is 0 Å². The van der Waals surface area contributed by atoms with Crippen LogP contribution in [0, 0.1) is 5.82 Å². The maximum absolute atomic E-state index is 13.6. The first-order chi connectivity index (χ1) is 12.0. The van der Waals surface area contributed by atoms with E-state index < -0.39 is 17.8 Å². The third kappa shape index (κ3) is 3.81. The summed E-state index contributed by atoms with van der Waals surface area (Å²) in [6, 6.07) is 6.94.